The summed E-state index contributed by atoms with van der Waals surface area (Å²) in [6.07, 6.45) is 0. The summed E-state index contributed by atoms with van der Waals surface area (Å²) >= 11 is 3.32. The third kappa shape index (κ3) is 4.32. The first-order chi connectivity index (χ1) is 10.1. The van der Waals surface area contributed by atoms with Gasteiger partial charge in [-0.05, 0) is 62.2 Å². The number of rotatable bonds is 3. The Morgan fingerprint density at radius 3 is 2.09 bits per heavy atom. The highest BCUT2D eigenvalue weighted by atomic mass is 79.9. The summed E-state index contributed by atoms with van der Waals surface area (Å²) < 4.78 is 27.9. The molecule has 0 heterocycles. The SMILES string of the molecule is CC(C)(C)NS(=O)(=O)c1ccc(-c2cc(O)cc(Br)c2)cc1. The summed E-state index contributed by atoms with van der Waals surface area (Å²) in [5.41, 5.74) is 1.10. The lowest BCUT2D eigenvalue weighted by atomic mass is 10.1. The molecule has 6 heteroatoms. The van der Waals surface area contributed by atoms with E-state index >= 15 is 0 Å². The van der Waals surface area contributed by atoms with Crippen molar-refractivity contribution in [3.8, 4) is 16.9 Å². The van der Waals surface area contributed by atoms with Crippen molar-refractivity contribution in [3.63, 3.8) is 0 Å². The number of aromatic hydroxyl groups is 1. The second kappa shape index (κ2) is 6.02. The highest BCUT2D eigenvalue weighted by molar-refractivity contribution is 9.10. The van der Waals surface area contributed by atoms with Crippen molar-refractivity contribution >= 4 is 26.0 Å². The zero-order chi connectivity index (χ0) is 16.5. The van der Waals surface area contributed by atoms with Crippen LogP contribution < -0.4 is 4.72 Å². The number of nitrogens with one attached hydrogen (secondary N) is 1. The first kappa shape index (κ1) is 17.0. The monoisotopic (exact) mass is 383 g/mol. The summed E-state index contributed by atoms with van der Waals surface area (Å²) in [5.74, 6) is 0.149. The van der Waals surface area contributed by atoms with E-state index in [0.29, 0.717) is 0 Å². The number of phenolic OH excluding ortho intramolecular Hbond substituents is 1. The van der Waals surface area contributed by atoms with Gasteiger partial charge in [0.25, 0.3) is 0 Å². The highest BCUT2D eigenvalue weighted by Gasteiger charge is 2.21. The van der Waals surface area contributed by atoms with E-state index in [4.69, 9.17) is 0 Å². The first-order valence-corrected chi connectivity index (χ1v) is 8.98. The van der Waals surface area contributed by atoms with Crippen LogP contribution in [-0.2, 0) is 10.0 Å². The summed E-state index contributed by atoms with van der Waals surface area (Å²) in [6, 6.07) is 11.6. The van der Waals surface area contributed by atoms with Gasteiger partial charge in [-0.3, -0.25) is 0 Å². The topological polar surface area (TPSA) is 66.4 Å². The Morgan fingerprint density at radius 1 is 1.00 bits per heavy atom. The Morgan fingerprint density at radius 2 is 1.59 bits per heavy atom. The number of hydrogen-bond donors (Lipinski definition) is 2. The van der Waals surface area contributed by atoms with Crippen LogP contribution in [0.4, 0.5) is 0 Å². The first-order valence-electron chi connectivity index (χ1n) is 6.71. The third-order valence-corrected chi connectivity index (χ3v) is 5.05. The van der Waals surface area contributed by atoms with E-state index in [-0.39, 0.29) is 10.6 Å². The molecule has 118 valence electrons. The maximum absolute atomic E-state index is 12.2. The van der Waals surface area contributed by atoms with E-state index < -0.39 is 15.6 Å². The molecular weight excluding hydrogens is 366 g/mol. The van der Waals surface area contributed by atoms with Gasteiger partial charge in [-0.25, -0.2) is 13.1 Å². The molecule has 0 radical (unpaired) electrons. The highest BCUT2D eigenvalue weighted by Crippen LogP contribution is 2.28. The van der Waals surface area contributed by atoms with E-state index in [1.807, 2.05) is 6.07 Å². The van der Waals surface area contributed by atoms with Gasteiger partial charge in [0.2, 0.25) is 10.0 Å². The van der Waals surface area contributed by atoms with Crippen molar-refractivity contribution < 1.29 is 13.5 Å². The summed E-state index contributed by atoms with van der Waals surface area (Å²) in [6.45, 7) is 5.38. The predicted octanol–water partition coefficient (Wildman–Crippen LogP) is 3.90. The molecule has 0 unspecified atom stereocenters. The van der Waals surface area contributed by atoms with Gasteiger partial charge in [0.15, 0.2) is 0 Å². The molecule has 0 spiro atoms. The van der Waals surface area contributed by atoms with E-state index in [0.717, 1.165) is 15.6 Å². The largest absolute Gasteiger partial charge is 0.508 e. The van der Waals surface area contributed by atoms with Crippen LogP contribution in [-0.4, -0.2) is 19.1 Å². The fraction of sp³-hybridized carbons (Fsp3) is 0.250. The van der Waals surface area contributed by atoms with Gasteiger partial charge < -0.3 is 5.11 Å². The van der Waals surface area contributed by atoms with E-state index in [9.17, 15) is 13.5 Å². The average molecular weight is 384 g/mol. The van der Waals surface area contributed by atoms with Crippen molar-refractivity contribution in [2.24, 2.45) is 0 Å². The van der Waals surface area contributed by atoms with Gasteiger partial charge in [-0.15, -0.1) is 0 Å². The van der Waals surface area contributed by atoms with E-state index in [1.165, 1.54) is 0 Å². The fourth-order valence-electron chi connectivity index (χ4n) is 2.03. The van der Waals surface area contributed by atoms with Gasteiger partial charge in [-0.2, -0.15) is 0 Å². The van der Waals surface area contributed by atoms with Crippen molar-refractivity contribution in [2.75, 3.05) is 0 Å². The Balaban J connectivity index is 2.35. The molecule has 2 aromatic carbocycles. The van der Waals surface area contributed by atoms with Crippen molar-refractivity contribution in [3.05, 3.63) is 46.9 Å². The van der Waals surface area contributed by atoms with Gasteiger partial charge in [0, 0.05) is 10.0 Å². The predicted molar refractivity (Wildman–Crippen MR) is 91.3 cm³/mol. The Bertz CT molecular complexity index is 758. The number of benzene rings is 2. The second-order valence-electron chi connectivity index (χ2n) is 6.08. The molecule has 0 aliphatic heterocycles. The van der Waals surface area contributed by atoms with Crippen molar-refractivity contribution in [2.45, 2.75) is 31.2 Å². The molecule has 2 rings (SSSR count). The van der Waals surface area contributed by atoms with Gasteiger partial charge in [0.1, 0.15) is 5.75 Å². The molecule has 2 N–H and O–H groups in total. The molecule has 2 aromatic rings. The smallest absolute Gasteiger partial charge is 0.241 e. The summed E-state index contributed by atoms with van der Waals surface area (Å²) in [4.78, 5) is 0.213. The van der Waals surface area contributed by atoms with Gasteiger partial charge in [0.05, 0.1) is 4.90 Å². The molecular formula is C16H18BrNO3S. The van der Waals surface area contributed by atoms with Gasteiger partial charge in [-0.1, -0.05) is 28.1 Å². The zero-order valence-electron chi connectivity index (χ0n) is 12.6. The van der Waals surface area contributed by atoms with Crippen LogP contribution in [0.15, 0.2) is 51.8 Å². The second-order valence-corrected chi connectivity index (χ2v) is 8.68. The van der Waals surface area contributed by atoms with Crippen molar-refractivity contribution in [1.82, 2.24) is 4.72 Å². The maximum Gasteiger partial charge on any atom is 0.241 e. The lowest BCUT2D eigenvalue weighted by Crippen LogP contribution is -2.40. The van der Waals surface area contributed by atoms with Crippen LogP contribution in [0.2, 0.25) is 0 Å². The summed E-state index contributed by atoms with van der Waals surface area (Å²) in [5, 5.41) is 9.63. The van der Waals surface area contributed by atoms with Crippen LogP contribution in [0.3, 0.4) is 0 Å². The molecule has 0 saturated carbocycles. The number of halogens is 1. The number of phenols is 1. The molecule has 0 bridgehead atoms. The molecule has 22 heavy (non-hydrogen) atoms. The Kier molecular flexibility index (Phi) is 4.65. The van der Waals surface area contributed by atoms with Crippen LogP contribution >= 0.6 is 15.9 Å². The third-order valence-electron chi connectivity index (χ3n) is 2.82. The molecule has 0 saturated heterocycles. The van der Waals surface area contributed by atoms with Crippen LogP contribution in [0, 0.1) is 0 Å². The minimum atomic E-state index is -3.54. The summed E-state index contributed by atoms with van der Waals surface area (Å²) in [7, 11) is -3.54. The standard InChI is InChI=1S/C16H18BrNO3S/c1-16(2,3)18-22(20,21)15-6-4-11(5-7-15)12-8-13(17)10-14(19)9-12/h4-10,18-19H,1-3H3. The zero-order valence-corrected chi connectivity index (χ0v) is 15.0. The molecule has 0 aliphatic rings. The lowest BCUT2D eigenvalue weighted by molar-refractivity contribution is 0.475. The molecule has 4 nitrogen and oxygen atoms in total. The van der Waals surface area contributed by atoms with Crippen LogP contribution in [0.5, 0.6) is 5.75 Å². The minimum absolute atomic E-state index is 0.149. The fourth-order valence-corrected chi connectivity index (χ4v) is 3.93. The van der Waals surface area contributed by atoms with E-state index in [2.05, 4.69) is 20.7 Å². The Labute approximate surface area is 139 Å². The number of sulfonamides is 1. The molecule has 0 amide bonds. The van der Waals surface area contributed by atoms with Crippen molar-refractivity contribution in [1.29, 1.82) is 0 Å². The quantitative estimate of drug-likeness (QED) is 0.844. The minimum Gasteiger partial charge on any atom is -0.508 e. The van der Waals surface area contributed by atoms with Gasteiger partial charge >= 0.3 is 0 Å². The molecule has 0 aromatic heterocycles. The molecule has 0 atom stereocenters. The normalized spacial score (nSPS) is 12.4. The molecule has 0 aliphatic carbocycles. The number of hydrogen-bond acceptors (Lipinski definition) is 3. The lowest BCUT2D eigenvalue weighted by Gasteiger charge is -2.20. The Hall–Kier alpha value is -1.37. The maximum atomic E-state index is 12.2. The van der Waals surface area contributed by atoms with Crippen LogP contribution in [0.1, 0.15) is 20.8 Å². The van der Waals surface area contributed by atoms with E-state index in [1.54, 1.807) is 57.2 Å². The molecule has 0 fully saturated rings. The average Bonchev–Trinajstić information content (AvgIpc) is 2.35. The van der Waals surface area contributed by atoms with Crippen LogP contribution in [0.25, 0.3) is 11.1 Å².